The van der Waals surface area contributed by atoms with E-state index >= 15 is 0 Å². The highest BCUT2D eigenvalue weighted by molar-refractivity contribution is 14.0. The SMILES string of the molecule is CN=C(NCc1cccc(S(=O)(=O)N2CCCCC2)c1)N1CCC(c2cnn(C)c2)C1.I. The number of halogens is 1. The van der Waals surface area contributed by atoms with E-state index in [4.69, 9.17) is 0 Å². The minimum absolute atomic E-state index is 0. The zero-order valence-corrected chi connectivity index (χ0v) is 21.9. The average molecular weight is 573 g/mol. The number of benzene rings is 1. The molecule has 0 spiro atoms. The van der Waals surface area contributed by atoms with Crippen LogP contribution in [0.15, 0.2) is 46.5 Å². The quantitative estimate of drug-likeness (QED) is 0.339. The van der Waals surface area contributed by atoms with Crippen molar-refractivity contribution in [2.45, 2.75) is 43.0 Å². The Morgan fingerprint density at radius 1 is 1.22 bits per heavy atom. The number of rotatable bonds is 5. The molecule has 176 valence electrons. The Kier molecular flexibility index (Phi) is 8.56. The summed E-state index contributed by atoms with van der Waals surface area (Å²) >= 11 is 0. The maximum atomic E-state index is 13.0. The first-order valence-corrected chi connectivity index (χ1v) is 12.4. The van der Waals surface area contributed by atoms with E-state index in [2.05, 4.69) is 26.5 Å². The normalized spacial score (nSPS) is 20.2. The van der Waals surface area contributed by atoms with Crippen molar-refractivity contribution in [1.29, 1.82) is 0 Å². The summed E-state index contributed by atoms with van der Waals surface area (Å²) in [6.45, 7) is 3.59. The molecule has 1 N–H and O–H groups in total. The molecule has 2 fully saturated rings. The Morgan fingerprint density at radius 2 is 2.00 bits per heavy atom. The number of likely N-dealkylation sites (tertiary alicyclic amines) is 1. The van der Waals surface area contributed by atoms with Gasteiger partial charge in [-0.1, -0.05) is 18.6 Å². The molecule has 10 heteroatoms. The lowest BCUT2D eigenvalue weighted by Gasteiger charge is -2.26. The first-order chi connectivity index (χ1) is 15.0. The van der Waals surface area contributed by atoms with Crippen molar-refractivity contribution < 1.29 is 8.42 Å². The Bertz CT molecular complexity index is 1030. The lowest BCUT2D eigenvalue weighted by Crippen LogP contribution is -2.39. The fourth-order valence-electron chi connectivity index (χ4n) is 4.46. The Morgan fingerprint density at radius 3 is 2.69 bits per heavy atom. The molecule has 2 aliphatic heterocycles. The highest BCUT2D eigenvalue weighted by Gasteiger charge is 2.28. The largest absolute Gasteiger partial charge is 0.352 e. The molecule has 1 atom stereocenters. The van der Waals surface area contributed by atoms with Gasteiger partial charge >= 0.3 is 0 Å². The molecule has 1 aromatic carbocycles. The summed E-state index contributed by atoms with van der Waals surface area (Å²) in [5.41, 5.74) is 2.19. The number of aryl methyl sites for hydroxylation is 1. The van der Waals surface area contributed by atoms with Crippen molar-refractivity contribution in [3.63, 3.8) is 0 Å². The standard InChI is InChI=1S/C22H32N6O2S.HI/c1-23-22(27-12-9-19(17-27)20-15-25-26(2)16-20)24-14-18-7-6-8-21(13-18)31(29,30)28-10-4-3-5-11-28;/h6-8,13,15-16,19H,3-5,9-12,14,17H2,1-2H3,(H,23,24);1H. The number of nitrogens with zero attached hydrogens (tertiary/aromatic N) is 5. The van der Waals surface area contributed by atoms with Gasteiger partial charge in [-0.05, 0) is 42.5 Å². The second kappa shape index (κ2) is 11.0. The van der Waals surface area contributed by atoms with Gasteiger partial charge in [0.2, 0.25) is 10.0 Å². The molecule has 1 unspecified atom stereocenters. The van der Waals surface area contributed by atoms with E-state index in [1.807, 2.05) is 30.1 Å². The highest BCUT2D eigenvalue weighted by Crippen LogP contribution is 2.27. The highest BCUT2D eigenvalue weighted by atomic mass is 127. The van der Waals surface area contributed by atoms with Gasteiger partial charge in [0.25, 0.3) is 0 Å². The Balaban J connectivity index is 0.00000289. The fourth-order valence-corrected chi connectivity index (χ4v) is 6.05. The molecule has 2 aliphatic rings. The molecule has 3 heterocycles. The van der Waals surface area contributed by atoms with Crippen LogP contribution in [-0.2, 0) is 23.6 Å². The number of aliphatic imine (C=N–C) groups is 1. The van der Waals surface area contributed by atoms with E-state index in [1.54, 1.807) is 23.5 Å². The van der Waals surface area contributed by atoms with Gasteiger partial charge in [0, 0.05) is 58.9 Å². The zero-order chi connectivity index (χ0) is 21.8. The van der Waals surface area contributed by atoms with Crippen LogP contribution in [-0.4, -0.2) is 66.6 Å². The predicted octanol–water partition coefficient (Wildman–Crippen LogP) is 2.78. The minimum Gasteiger partial charge on any atom is -0.352 e. The molecule has 0 aliphatic carbocycles. The average Bonchev–Trinajstić information content (AvgIpc) is 3.44. The van der Waals surface area contributed by atoms with Gasteiger partial charge in [-0.15, -0.1) is 24.0 Å². The number of aromatic nitrogens is 2. The van der Waals surface area contributed by atoms with Crippen LogP contribution in [0.2, 0.25) is 0 Å². The molecule has 0 radical (unpaired) electrons. The van der Waals surface area contributed by atoms with Crippen LogP contribution >= 0.6 is 24.0 Å². The molecule has 2 saturated heterocycles. The second-order valence-electron chi connectivity index (χ2n) is 8.39. The first-order valence-electron chi connectivity index (χ1n) is 11.0. The smallest absolute Gasteiger partial charge is 0.243 e. The van der Waals surface area contributed by atoms with E-state index in [0.29, 0.717) is 30.4 Å². The number of hydrogen-bond donors (Lipinski definition) is 1. The summed E-state index contributed by atoms with van der Waals surface area (Å²) in [4.78, 5) is 7.08. The number of nitrogens with one attached hydrogen (secondary N) is 1. The van der Waals surface area contributed by atoms with Crippen LogP contribution in [0.3, 0.4) is 0 Å². The fraction of sp³-hybridized carbons (Fsp3) is 0.545. The molecule has 4 rings (SSSR count). The molecule has 0 bridgehead atoms. The van der Waals surface area contributed by atoms with E-state index < -0.39 is 10.0 Å². The van der Waals surface area contributed by atoms with Gasteiger partial charge in [-0.2, -0.15) is 9.40 Å². The van der Waals surface area contributed by atoms with Crippen molar-refractivity contribution in [2.75, 3.05) is 33.2 Å². The summed E-state index contributed by atoms with van der Waals surface area (Å²) < 4.78 is 29.4. The van der Waals surface area contributed by atoms with Crippen molar-refractivity contribution in [3.05, 3.63) is 47.8 Å². The van der Waals surface area contributed by atoms with E-state index in [9.17, 15) is 8.42 Å². The Hall–Kier alpha value is -1.66. The number of sulfonamides is 1. The lowest BCUT2D eigenvalue weighted by atomic mass is 10.0. The van der Waals surface area contributed by atoms with Gasteiger partial charge < -0.3 is 10.2 Å². The van der Waals surface area contributed by atoms with Crippen molar-refractivity contribution in [2.24, 2.45) is 12.0 Å². The van der Waals surface area contributed by atoms with Crippen molar-refractivity contribution in [3.8, 4) is 0 Å². The summed E-state index contributed by atoms with van der Waals surface area (Å²) in [7, 11) is 0.306. The van der Waals surface area contributed by atoms with E-state index in [0.717, 1.165) is 50.3 Å². The maximum Gasteiger partial charge on any atom is 0.243 e. The van der Waals surface area contributed by atoms with Crippen LogP contribution < -0.4 is 5.32 Å². The molecule has 32 heavy (non-hydrogen) atoms. The third-order valence-electron chi connectivity index (χ3n) is 6.20. The van der Waals surface area contributed by atoms with Crippen LogP contribution in [0, 0.1) is 0 Å². The Labute approximate surface area is 208 Å². The van der Waals surface area contributed by atoms with Crippen LogP contribution in [0.25, 0.3) is 0 Å². The monoisotopic (exact) mass is 572 g/mol. The zero-order valence-electron chi connectivity index (χ0n) is 18.8. The number of guanidine groups is 1. The third-order valence-corrected chi connectivity index (χ3v) is 8.09. The molecular formula is C22H33IN6O2S. The topological polar surface area (TPSA) is 82.8 Å². The molecule has 8 nitrogen and oxygen atoms in total. The first kappa shape index (κ1) is 25.0. The van der Waals surface area contributed by atoms with Gasteiger partial charge in [-0.3, -0.25) is 9.67 Å². The summed E-state index contributed by atoms with van der Waals surface area (Å²) in [6.07, 6.45) is 8.07. The second-order valence-corrected chi connectivity index (χ2v) is 10.3. The van der Waals surface area contributed by atoms with E-state index in [-0.39, 0.29) is 24.0 Å². The summed E-state index contributed by atoms with van der Waals surface area (Å²) in [6, 6.07) is 7.26. The van der Waals surface area contributed by atoms with Gasteiger partial charge in [-0.25, -0.2) is 8.42 Å². The van der Waals surface area contributed by atoms with Gasteiger partial charge in [0.1, 0.15) is 0 Å². The van der Waals surface area contributed by atoms with Crippen LogP contribution in [0.1, 0.15) is 42.7 Å². The van der Waals surface area contributed by atoms with Gasteiger partial charge in [0.05, 0.1) is 11.1 Å². The van der Waals surface area contributed by atoms with Crippen molar-refractivity contribution >= 4 is 40.0 Å². The van der Waals surface area contributed by atoms with Crippen molar-refractivity contribution in [1.82, 2.24) is 24.3 Å². The summed E-state index contributed by atoms with van der Waals surface area (Å²) in [5.74, 6) is 1.29. The maximum absolute atomic E-state index is 13.0. The minimum atomic E-state index is -3.42. The number of piperidine rings is 1. The molecule has 1 aromatic heterocycles. The number of hydrogen-bond acceptors (Lipinski definition) is 4. The molecule has 0 saturated carbocycles. The van der Waals surface area contributed by atoms with E-state index in [1.165, 1.54) is 5.56 Å². The third kappa shape index (κ3) is 5.63. The van der Waals surface area contributed by atoms with Crippen LogP contribution in [0.4, 0.5) is 0 Å². The predicted molar refractivity (Wildman–Crippen MR) is 137 cm³/mol. The molecular weight excluding hydrogens is 539 g/mol. The molecule has 2 aromatic rings. The van der Waals surface area contributed by atoms with Gasteiger partial charge in [0.15, 0.2) is 5.96 Å². The molecule has 0 amide bonds. The lowest BCUT2D eigenvalue weighted by molar-refractivity contribution is 0.346. The van der Waals surface area contributed by atoms with Crippen LogP contribution in [0.5, 0.6) is 0 Å². The summed E-state index contributed by atoms with van der Waals surface area (Å²) in [5, 5.41) is 7.70.